The summed E-state index contributed by atoms with van der Waals surface area (Å²) in [6.07, 6.45) is -5.55. The number of ketones is 3. The number of nitrogens with zero attached hydrogens (tertiary/aromatic N) is 5. The van der Waals surface area contributed by atoms with Crippen LogP contribution in [0.2, 0.25) is 0 Å². The number of hydrogen-bond donors (Lipinski definition) is 3. The summed E-state index contributed by atoms with van der Waals surface area (Å²) in [6, 6.07) is 7.72. The van der Waals surface area contributed by atoms with Crippen LogP contribution in [0.25, 0.3) is 0 Å². The van der Waals surface area contributed by atoms with Crippen LogP contribution in [0, 0.1) is 0 Å². The number of carbonyl (C=O) groups excluding carboxylic acids is 5. The SMILES string of the molecule is C=Nc1ccc(SSCCOC(=O)N(C)CCN(C)C(=O)OCC(=O)[C@]2(O)Cc3c(O)c4c(c(O)c3[C@@H](O[C@H]3C[C@H]5[C@H](O[C@@H]6[C@@H](OC)OCCN65)[C@H](C)O3)C2)C(=O)c2c(OC)cccc2C4=O)nc1. The van der Waals surface area contributed by atoms with Gasteiger partial charge in [0.15, 0.2) is 31.2 Å². The fourth-order valence-corrected chi connectivity index (χ4v) is 11.0. The molecule has 3 aliphatic heterocycles. The first-order valence-corrected chi connectivity index (χ1v) is 24.4. The molecular formula is C46H53N5O16S2. The van der Waals surface area contributed by atoms with E-state index in [0.29, 0.717) is 24.6 Å². The Morgan fingerprint density at radius 3 is 2.43 bits per heavy atom. The number of pyridine rings is 1. The molecule has 0 bridgehead atoms. The number of amides is 2. The Hall–Kier alpha value is -5.37. The molecule has 3 saturated heterocycles. The summed E-state index contributed by atoms with van der Waals surface area (Å²) in [5.41, 5.74) is -3.32. The van der Waals surface area contributed by atoms with Crippen LogP contribution in [-0.2, 0) is 44.4 Å². The Labute approximate surface area is 404 Å². The van der Waals surface area contributed by atoms with Crippen molar-refractivity contribution in [1.29, 1.82) is 0 Å². The standard InChI is InChI=1S/C46H53N5O16S2/c1-23-41-27(51-14-15-62-43(61-6)42(51)67-41)18-32(65-23)66-29-20-46(59,19-26-34(29)40(56)36-35(38(26)54)37(53)25-8-7-9-28(60-5)33(25)39(36)55)30(52)22-64-45(58)50(4)13-12-49(3)44(57)63-16-17-68-69-31-11-10-24(47-2)21-48-31/h7-11,21,23,27,29,32,41-43,54,56,59H,2,12-20,22H2,1,3-6H3/t23-,27-,29-,32-,41+,42+,43-,46-/m0/s1. The Balaban J connectivity index is 0.955. The molecule has 0 radical (unpaired) electrons. The van der Waals surface area contributed by atoms with Gasteiger partial charge in [0.2, 0.25) is 11.6 Å². The average molecular weight is 996 g/mol. The van der Waals surface area contributed by atoms with Gasteiger partial charge >= 0.3 is 12.2 Å². The lowest BCUT2D eigenvalue weighted by molar-refractivity contribution is -0.256. The molecule has 5 aliphatic rings. The topological polar surface area (TPSA) is 255 Å². The van der Waals surface area contributed by atoms with Crippen molar-refractivity contribution in [2.24, 2.45) is 4.99 Å². The lowest BCUT2D eigenvalue weighted by Gasteiger charge is -2.43. The summed E-state index contributed by atoms with van der Waals surface area (Å²) < 4.78 is 46.6. The van der Waals surface area contributed by atoms with Crippen LogP contribution in [0.1, 0.15) is 68.8 Å². The number of morpholine rings is 1. The number of hydrogen-bond acceptors (Lipinski definition) is 21. The first kappa shape index (κ1) is 50.0. The molecule has 2 aliphatic carbocycles. The number of rotatable bonds is 16. The fraction of sp³-hybridized carbons (Fsp3) is 0.500. The molecule has 8 atom stereocenters. The summed E-state index contributed by atoms with van der Waals surface area (Å²) >= 11 is 0. The van der Waals surface area contributed by atoms with Gasteiger partial charge in [0.05, 0.1) is 54.5 Å². The number of aromatic hydroxyl groups is 2. The maximum Gasteiger partial charge on any atom is 0.409 e. The highest BCUT2D eigenvalue weighted by Gasteiger charge is 2.55. The third-order valence-corrected chi connectivity index (χ3v) is 15.1. The number of aromatic nitrogens is 1. The zero-order chi connectivity index (χ0) is 49.3. The number of benzene rings is 2. The van der Waals surface area contributed by atoms with Crippen LogP contribution < -0.4 is 4.74 Å². The monoisotopic (exact) mass is 995 g/mol. The van der Waals surface area contributed by atoms with Crippen LogP contribution in [0.15, 0.2) is 46.5 Å². The van der Waals surface area contributed by atoms with Crippen LogP contribution in [-0.4, -0.2) is 187 Å². The summed E-state index contributed by atoms with van der Waals surface area (Å²) in [4.78, 5) is 80.8. The number of aliphatic imine (C=N–C) groups is 1. The molecule has 4 heterocycles. The smallest absolute Gasteiger partial charge is 0.409 e. The van der Waals surface area contributed by atoms with Crippen LogP contribution >= 0.6 is 21.6 Å². The second-order valence-corrected chi connectivity index (χ2v) is 19.5. The minimum absolute atomic E-state index is 0.0119. The number of likely N-dealkylation sites (N-methyl/N-ethyl adjacent to an activating group) is 2. The molecule has 0 saturated carbocycles. The number of phenols is 2. The van der Waals surface area contributed by atoms with Gasteiger partial charge in [-0.25, -0.2) is 14.6 Å². The van der Waals surface area contributed by atoms with Gasteiger partial charge in [-0.15, -0.1) is 0 Å². The zero-order valence-electron chi connectivity index (χ0n) is 38.5. The van der Waals surface area contributed by atoms with Gasteiger partial charge in [0, 0.05) is 88.6 Å². The van der Waals surface area contributed by atoms with E-state index < -0.39 is 114 Å². The number of ether oxygens (including phenoxy) is 8. The van der Waals surface area contributed by atoms with E-state index in [4.69, 9.17) is 37.9 Å². The summed E-state index contributed by atoms with van der Waals surface area (Å²) in [6.45, 7) is 5.39. The molecule has 2 aromatic carbocycles. The minimum atomic E-state index is -2.41. The van der Waals surface area contributed by atoms with E-state index in [1.54, 1.807) is 19.2 Å². The van der Waals surface area contributed by atoms with Crippen molar-refractivity contribution in [1.82, 2.24) is 19.7 Å². The van der Waals surface area contributed by atoms with Crippen LogP contribution in [0.4, 0.5) is 15.3 Å². The van der Waals surface area contributed by atoms with E-state index in [1.807, 2.05) is 6.07 Å². The second-order valence-electron chi connectivity index (χ2n) is 17.0. The highest BCUT2D eigenvalue weighted by Crippen LogP contribution is 2.53. The lowest BCUT2D eigenvalue weighted by atomic mass is 9.72. The van der Waals surface area contributed by atoms with E-state index in [2.05, 4.69) is 21.6 Å². The molecule has 8 rings (SSSR count). The van der Waals surface area contributed by atoms with Gasteiger partial charge in [-0.3, -0.25) is 24.3 Å². The van der Waals surface area contributed by atoms with E-state index in [9.17, 15) is 39.3 Å². The Morgan fingerprint density at radius 1 is 1.00 bits per heavy atom. The molecule has 3 fully saturated rings. The first-order valence-electron chi connectivity index (χ1n) is 22.1. The summed E-state index contributed by atoms with van der Waals surface area (Å²) in [7, 11) is 8.61. The van der Waals surface area contributed by atoms with Crippen molar-refractivity contribution in [2.75, 3.05) is 73.5 Å². The van der Waals surface area contributed by atoms with E-state index in [1.165, 1.54) is 73.0 Å². The van der Waals surface area contributed by atoms with Crippen LogP contribution in [0.3, 0.4) is 0 Å². The third-order valence-electron chi connectivity index (χ3n) is 12.9. The van der Waals surface area contributed by atoms with Crippen molar-refractivity contribution in [3.63, 3.8) is 0 Å². The molecule has 1 aromatic heterocycles. The molecule has 69 heavy (non-hydrogen) atoms. The molecule has 0 spiro atoms. The number of aliphatic hydroxyl groups is 1. The van der Waals surface area contributed by atoms with Crippen molar-refractivity contribution < 1.29 is 77.2 Å². The van der Waals surface area contributed by atoms with Crippen molar-refractivity contribution in [2.45, 2.75) is 80.0 Å². The fourth-order valence-electron chi connectivity index (χ4n) is 9.29. The Kier molecular flexibility index (Phi) is 15.2. The van der Waals surface area contributed by atoms with E-state index in [0.717, 1.165) is 9.93 Å². The molecule has 23 heteroatoms. The molecule has 21 nitrogen and oxygen atoms in total. The number of phenolic OH excluding ortho intramolecular Hbond substituents is 2. The third kappa shape index (κ3) is 9.88. The van der Waals surface area contributed by atoms with Crippen molar-refractivity contribution in [3.05, 3.63) is 69.9 Å². The summed E-state index contributed by atoms with van der Waals surface area (Å²) in [5, 5.41) is 37.1. The zero-order valence-corrected chi connectivity index (χ0v) is 40.1. The van der Waals surface area contributed by atoms with Gasteiger partial charge in [0.1, 0.15) is 40.6 Å². The summed E-state index contributed by atoms with van der Waals surface area (Å²) in [5.74, 6) is -3.45. The maximum atomic E-state index is 14.2. The minimum Gasteiger partial charge on any atom is -0.507 e. The molecule has 3 aromatic rings. The van der Waals surface area contributed by atoms with Gasteiger partial charge < -0.3 is 63.0 Å². The quantitative estimate of drug-likeness (QED) is 0.0620. The lowest BCUT2D eigenvalue weighted by Crippen LogP contribution is -2.55. The second kappa shape index (κ2) is 20.9. The average Bonchev–Trinajstić information content (AvgIpc) is 3.74. The van der Waals surface area contributed by atoms with E-state index in [-0.39, 0.29) is 60.2 Å². The number of Topliss-reactive ketones (excluding diaryl/α,β-unsaturated/α-hetero) is 1. The molecule has 2 amide bonds. The molecule has 3 N–H and O–H groups in total. The van der Waals surface area contributed by atoms with Gasteiger partial charge in [-0.1, -0.05) is 22.9 Å². The number of fused-ring (bicyclic) bond motifs is 6. The molecule has 370 valence electrons. The van der Waals surface area contributed by atoms with Crippen molar-refractivity contribution in [3.8, 4) is 17.2 Å². The predicted octanol–water partition coefficient (Wildman–Crippen LogP) is 4.02. The normalized spacial score (nSPS) is 25.9. The van der Waals surface area contributed by atoms with Crippen molar-refractivity contribution >= 4 is 63.5 Å². The highest BCUT2D eigenvalue weighted by molar-refractivity contribution is 8.76. The Bertz CT molecular complexity index is 2500. The maximum absolute atomic E-state index is 14.2. The van der Waals surface area contributed by atoms with Gasteiger partial charge in [-0.05, 0) is 42.6 Å². The Morgan fingerprint density at radius 2 is 1.74 bits per heavy atom. The number of methoxy groups -OCH3 is 2. The largest absolute Gasteiger partial charge is 0.507 e. The predicted molar refractivity (Wildman–Crippen MR) is 246 cm³/mol. The van der Waals surface area contributed by atoms with Crippen LogP contribution in [0.5, 0.6) is 17.2 Å². The van der Waals surface area contributed by atoms with E-state index >= 15 is 0 Å². The highest BCUT2D eigenvalue weighted by atomic mass is 33.1. The first-order chi connectivity index (χ1) is 33.1. The number of carbonyl (C=O) groups is 5. The van der Waals surface area contributed by atoms with Gasteiger partial charge in [-0.2, -0.15) is 0 Å². The molecular weight excluding hydrogens is 943 g/mol. The van der Waals surface area contributed by atoms with Gasteiger partial charge in [0.25, 0.3) is 0 Å². The molecule has 0 unspecified atom stereocenters.